The van der Waals surface area contributed by atoms with Crippen LogP contribution in [0.15, 0.2) is 0 Å². The molecule has 2 rings (SSSR count). The number of hydrogen-bond donors (Lipinski definition) is 2. The molecule has 2 atom stereocenters. The van der Waals surface area contributed by atoms with Crippen LogP contribution in [0.2, 0.25) is 0 Å². The largest absolute Gasteiger partial charge is 0.390 e. The first-order chi connectivity index (χ1) is 7.63. The summed E-state index contributed by atoms with van der Waals surface area (Å²) < 4.78 is 5.24. The molecule has 0 saturated heterocycles. The molecule has 1 aliphatic carbocycles. The van der Waals surface area contributed by atoms with Gasteiger partial charge in [-0.15, -0.1) is 11.3 Å². The van der Waals surface area contributed by atoms with Gasteiger partial charge in [0.1, 0.15) is 0 Å². The zero-order valence-corrected chi connectivity index (χ0v) is 10.6. The van der Waals surface area contributed by atoms with Crippen LogP contribution in [0.1, 0.15) is 42.6 Å². The Labute approximate surface area is 100 Å². The Morgan fingerprint density at radius 3 is 3.06 bits per heavy atom. The maximum Gasteiger partial charge on any atom is 0.184 e. The van der Waals surface area contributed by atoms with Gasteiger partial charge in [-0.3, -0.25) is 0 Å². The zero-order chi connectivity index (χ0) is 11.7. The van der Waals surface area contributed by atoms with E-state index in [2.05, 4.69) is 6.92 Å². The van der Waals surface area contributed by atoms with Gasteiger partial charge in [0, 0.05) is 17.0 Å². The lowest BCUT2D eigenvalue weighted by Gasteiger charge is -2.20. The van der Waals surface area contributed by atoms with E-state index in [-0.39, 0.29) is 0 Å². The Morgan fingerprint density at radius 2 is 2.38 bits per heavy atom. The Balaban J connectivity index is 2.31. The molecule has 0 fully saturated rings. The molecule has 0 aromatic carbocycles. The average Bonchev–Trinajstić information content (AvgIpc) is 2.53. The summed E-state index contributed by atoms with van der Waals surface area (Å²) in [6.07, 6.45) is 2.43. The molecule has 0 bridgehead atoms. The van der Waals surface area contributed by atoms with Crippen molar-refractivity contribution < 1.29 is 9.84 Å². The van der Waals surface area contributed by atoms with Crippen LogP contribution < -0.4 is 5.73 Å². The minimum absolute atomic E-state index is 0.502. The molecule has 90 valence electrons. The fourth-order valence-corrected chi connectivity index (χ4v) is 3.61. The van der Waals surface area contributed by atoms with Crippen LogP contribution in [0.4, 0.5) is 5.00 Å². The summed E-state index contributed by atoms with van der Waals surface area (Å²) in [7, 11) is 0. The third kappa shape index (κ3) is 2.10. The molecule has 0 spiro atoms. The van der Waals surface area contributed by atoms with Crippen LogP contribution in [0.3, 0.4) is 0 Å². The number of rotatable bonds is 3. The summed E-state index contributed by atoms with van der Waals surface area (Å²) in [5, 5.41) is 10.6. The van der Waals surface area contributed by atoms with Crippen molar-refractivity contribution in [2.45, 2.75) is 39.4 Å². The maximum absolute atomic E-state index is 9.92. The van der Waals surface area contributed by atoms with E-state index >= 15 is 0 Å². The number of aliphatic hydroxyl groups excluding tert-OH is 1. The monoisotopic (exact) mass is 241 g/mol. The second-order valence-electron chi connectivity index (χ2n) is 4.44. The number of nitrogen functional groups attached to an aromatic ring is 1. The van der Waals surface area contributed by atoms with Crippen molar-refractivity contribution in [3.05, 3.63) is 16.0 Å². The van der Waals surface area contributed by atoms with E-state index in [4.69, 9.17) is 10.5 Å². The van der Waals surface area contributed by atoms with Gasteiger partial charge in [-0.1, -0.05) is 6.92 Å². The quantitative estimate of drug-likeness (QED) is 0.799. The van der Waals surface area contributed by atoms with E-state index in [1.165, 1.54) is 16.9 Å². The van der Waals surface area contributed by atoms with Gasteiger partial charge in [0.2, 0.25) is 0 Å². The molecule has 0 radical (unpaired) electrons. The van der Waals surface area contributed by atoms with E-state index in [1.54, 1.807) is 11.3 Å². The summed E-state index contributed by atoms with van der Waals surface area (Å²) in [5.41, 5.74) is 8.04. The molecule has 0 aliphatic heterocycles. The standard InChI is InChI=1S/C12H19NO2S/c1-3-15-12(14)10-8-5-4-7(2)6-9(8)16-11(10)13/h7,12,14H,3-6,13H2,1-2H3. The van der Waals surface area contributed by atoms with Crippen molar-refractivity contribution in [2.75, 3.05) is 12.3 Å². The zero-order valence-electron chi connectivity index (χ0n) is 9.82. The van der Waals surface area contributed by atoms with Crippen LogP contribution in [0, 0.1) is 5.92 Å². The lowest BCUT2D eigenvalue weighted by molar-refractivity contribution is -0.0978. The topological polar surface area (TPSA) is 55.5 Å². The van der Waals surface area contributed by atoms with Crippen molar-refractivity contribution in [3.8, 4) is 0 Å². The number of fused-ring (bicyclic) bond motifs is 1. The molecule has 0 amide bonds. The van der Waals surface area contributed by atoms with E-state index < -0.39 is 6.29 Å². The number of aliphatic hydroxyl groups is 1. The molecule has 3 N–H and O–H groups in total. The third-order valence-corrected chi connectivity index (χ3v) is 4.25. The van der Waals surface area contributed by atoms with Crippen molar-refractivity contribution >= 4 is 16.3 Å². The lowest BCUT2D eigenvalue weighted by Crippen LogP contribution is -2.13. The van der Waals surface area contributed by atoms with Gasteiger partial charge in [-0.05, 0) is 37.7 Å². The van der Waals surface area contributed by atoms with Crippen molar-refractivity contribution in [1.82, 2.24) is 0 Å². The van der Waals surface area contributed by atoms with Crippen LogP contribution in [-0.2, 0) is 17.6 Å². The van der Waals surface area contributed by atoms with Gasteiger partial charge >= 0.3 is 0 Å². The molecule has 4 heteroatoms. The molecule has 1 aromatic rings. The highest BCUT2D eigenvalue weighted by Crippen LogP contribution is 2.41. The highest BCUT2D eigenvalue weighted by atomic mass is 32.1. The number of hydrogen-bond acceptors (Lipinski definition) is 4. The maximum atomic E-state index is 9.92. The van der Waals surface area contributed by atoms with Crippen molar-refractivity contribution in [2.24, 2.45) is 5.92 Å². The predicted molar refractivity (Wildman–Crippen MR) is 66.5 cm³/mol. The summed E-state index contributed by atoms with van der Waals surface area (Å²) in [5.74, 6) is 0.725. The Morgan fingerprint density at radius 1 is 1.62 bits per heavy atom. The Kier molecular flexibility index (Phi) is 3.52. The van der Waals surface area contributed by atoms with E-state index in [0.717, 1.165) is 29.3 Å². The van der Waals surface area contributed by atoms with E-state index in [0.29, 0.717) is 6.61 Å². The van der Waals surface area contributed by atoms with E-state index in [1.807, 2.05) is 6.92 Å². The highest BCUT2D eigenvalue weighted by Gasteiger charge is 2.26. The Hall–Kier alpha value is -0.580. The van der Waals surface area contributed by atoms with Gasteiger partial charge in [-0.25, -0.2) is 0 Å². The highest BCUT2D eigenvalue weighted by molar-refractivity contribution is 7.16. The smallest absolute Gasteiger partial charge is 0.184 e. The fraction of sp³-hybridized carbons (Fsp3) is 0.667. The summed E-state index contributed by atoms with van der Waals surface area (Å²) in [4.78, 5) is 1.34. The molecule has 16 heavy (non-hydrogen) atoms. The summed E-state index contributed by atoms with van der Waals surface area (Å²) in [6.45, 7) is 4.64. The molecular weight excluding hydrogens is 222 g/mol. The van der Waals surface area contributed by atoms with Gasteiger partial charge < -0.3 is 15.6 Å². The minimum Gasteiger partial charge on any atom is -0.390 e. The number of anilines is 1. The van der Waals surface area contributed by atoms with Gasteiger partial charge in [0.15, 0.2) is 6.29 Å². The second kappa shape index (κ2) is 4.73. The molecule has 3 nitrogen and oxygen atoms in total. The summed E-state index contributed by atoms with van der Waals surface area (Å²) in [6, 6.07) is 0. The molecule has 2 unspecified atom stereocenters. The van der Waals surface area contributed by atoms with Crippen LogP contribution in [-0.4, -0.2) is 11.7 Å². The molecular formula is C12H19NO2S. The van der Waals surface area contributed by atoms with Crippen molar-refractivity contribution in [3.63, 3.8) is 0 Å². The fourth-order valence-electron chi connectivity index (χ4n) is 2.31. The van der Waals surface area contributed by atoms with Gasteiger partial charge in [0.25, 0.3) is 0 Å². The first-order valence-corrected chi connectivity index (χ1v) is 6.64. The number of nitrogens with two attached hydrogens (primary N) is 1. The lowest BCUT2D eigenvalue weighted by atomic mass is 9.88. The minimum atomic E-state index is -0.849. The predicted octanol–water partition coefficient (Wildman–Crippen LogP) is 2.48. The van der Waals surface area contributed by atoms with Crippen LogP contribution >= 0.6 is 11.3 Å². The first kappa shape index (κ1) is 11.9. The Bertz CT molecular complexity index is 375. The summed E-state index contributed by atoms with van der Waals surface area (Å²) >= 11 is 1.61. The molecule has 1 aliphatic rings. The van der Waals surface area contributed by atoms with Crippen molar-refractivity contribution in [1.29, 1.82) is 0 Å². The number of ether oxygens (including phenoxy) is 1. The third-order valence-electron chi connectivity index (χ3n) is 3.15. The second-order valence-corrected chi connectivity index (χ2v) is 5.57. The van der Waals surface area contributed by atoms with Gasteiger partial charge in [-0.2, -0.15) is 0 Å². The molecule has 1 heterocycles. The van der Waals surface area contributed by atoms with Crippen LogP contribution in [0.5, 0.6) is 0 Å². The van der Waals surface area contributed by atoms with Crippen LogP contribution in [0.25, 0.3) is 0 Å². The molecule has 1 aromatic heterocycles. The van der Waals surface area contributed by atoms with Gasteiger partial charge in [0.05, 0.1) is 5.00 Å². The molecule has 0 saturated carbocycles. The first-order valence-electron chi connectivity index (χ1n) is 5.83. The van der Waals surface area contributed by atoms with E-state index in [9.17, 15) is 5.11 Å². The normalized spacial score (nSPS) is 21.8. The average molecular weight is 241 g/mol. The SMILES string of the molecule is CCOC(O)c1c(N)sc2c1CCC(C)C2. The number of thiophene rings is 1.